The van der Waals surface area contributed by atoms with Crippen LogP contribution in [0.25, 0.3) is 0 Å². The van der Waals surface area contributed by atoms with Gasteiger partial charge in [-0.05, 0) is 25.5 Å². The molecule has 0 radical (unpaired) electrons. The van der Waals surface area contributed by atoms with E-state index in [0.717, 1.165) is 16.5 Å². The molecule has 0 aromatic heterocycles. The highest BCUT2D eigenvalue weighted by Gasteiger charge is 2.22. The van der Waals surface area contributed by atoms with Crippen LogP contribution in [0.4, 0.5) is 4.79 Å². The molecule has 1 aromatic rings. The number of nitrogens with zero attached hydrogens (tertiary/aromatic N) is 2. The number of hydrogen-bond donors (Lipinski definition) is 1. The number of aryl methyl sites for hydroxylation is 1. The van der Waals surface area contributed by atoms with Crippen molar-refractivity contribution in [1.82, 2.24) is 15.1 Å². The van der Waals surface area contributed by atoms with E-state index < -0.39 is 0 Å². The minimum atomic E-state index is -0.115. The zero-order chi connectivity index (χ0) is 16.8. The molecule has 3 amide bonds. The Bertz CT molecular complexity index is 603. The fourth-order valence-electron chi connectivity index (χ4n) is 2.57. The van der Waals surface area contributed by atoms with Crippen LogP contribution in [0.1, 0.15) is 22.3 Å². The van der Waals surface area contributed by atoms with Crippen molar-refractivity contribution in [3.63, 3.8) is 0 Å². The molecule has 1 N–H and O–H groups in total. The molecule has 124 valence electrons. The minimum Gasteiger partial charge on any atom is -0.337 e. The number of benzene rings is 1. The Labute approximate surface area is 145 Å². The predicted molar refractivity (Wildman–Crippen MR) is 94.7 cm³/mol. The first kappa shape index (κ1) is 17.5. The van der Waals surface area contributed by atoms with Crippen LogP contribution in [0.3, 0.4) is 0 Å². The van der Waals surface area contributed by atoms with Crippen molar-refractivity contribution in [3.05, 3.63) is 46.5 Å². The van der Waals surface area contributed by atoms with Gasteiger partial charge in [-0.3, -0.25) is 4.79 Å². The van der Waals surface area contributed by atoms with Crippen molar-refractivity contribution >= 4 is 27.9 Å². The van der Waals surface area contributed by atoms with Gasteiger partial charge in [0.05, 0.1) is 6.54 Å². The van der Waals surface area contributed by atoms with Crippen LogP contribution in [-0.4, -0.2) is 54.5 Å². The standard InChI is InChI=1S/C17H22BrN3O2/c1-13-5-3-6-15(11-13)16(22)20-7-4-8-21(10-9-20)17(23)19-12-14(2)18/h3,5-6,11H,2,4,7-10,12H2,1H3,(H,19,23). The minimum absolute atomic E-state index is 0.0322. The first-order chi connectivity index (χ1) is 11.0. The molecule has 0 aliphatic carbocycles. The Morgan fingerprint density at radius 3 is 2.61 bits per heavy atom. The van der Waals surface area contributed by atoms with Gasteiger partial charge in [-0.15, -0.1) is 0 Å². The van der Waals surface area contributed by atoms with Crippen LogP contribution < -0.4 is 5.32 Å². The van der Waals surface area contributed by atoms with Crippen LogP contribution in [0.15, 0.2) is 35.3 Å². The maximum atomic E-state index is 12.6. The monoisotopic (exact) mass is 379 g/mol. The average molecular weight is 380 g/mol. The Morgan fingerprint density at radius 2 is 1.91 bits per heavy atom. The summed E-state index contributed by atoms with van der Waals surface area (Å²) in [6, 6.07) is 7.50. The third kappa shape index (κ3) is 5.10. The van der Waals surface area contributed by atoms with Gasteiger partial charge in [0, 0.05) is 36.2 Å². The van der Waals surface area contributed by atoms with Crippen molar-refractivity contribution in [3.8, 4) is 0 Å². The third-order valence-corrected chi connectivity index (χ3v) is 4.05. The summed E-state index contributed by atoms with van der Waals surface area (Å²) < 4.78 is 0.733. The summed E-state index contributed by atoms with van der Waals surface area (Å²) >= 11 is 3.22. The molecule has 2 rings (SSSR count). The normalized spacial score (nSPS) is 15.0. The highest BCUT2D eigenvalue weighted by atomic mass is 79.9. The Kier molecular flexibility index (Phi) is 6.21. The molecule has 23 heavy (non-hydrogen) atoms. The highest BCUT2D eigenvalue weighted by Crippen LogP contribution is 2.11. The molecule has 0 bridgehead atoms. The Morgan fingerprint density at radius 1 is 1.22 bits per heavy atom. The number of hydrogen-bond acceptors (Lipinski definition) is 2. The lowest BCUT2D eigenvalue weighted by molar-refractivity contribution is 0.0762. The van der Waals surface area contributed by atoms with Gasteiger partial charge in [-0.2, -0.15) is 0 Å². The summed E-state index contributed by atoms with van der Waals surface area (Å²) in [5.41, 5.74) is 1.78. The lowest BCUT2D eigenvalue weighted by Gasteiger charge is -2.22. The second kappa shape index (κ2) is 8.15. The molecule has 6 heteroatoms. The molecule has 1 aliphatic rings. The second-order valence-corrected chi connectivity index (χ2v) is 6.80. The van der Waals surface area contributed by atoms with E-state index in [1.54, 1.807) is 4.90 Å². The number of carbonyl (C=O) groups excluding carboxylic acids is 2. The van der Waals surface area contributed by atoms with Crippen LogP contribution in [0, 0.1) is 6.92 Å². The molecule has 0 saturated carbocycles. The molecule has 1 fully saturated rings. The largest absolute Gasteiger partial charge is 0.337 e. The first-order valence-corrected chi connectivity index (χ1v) is 8.48. The van der Waals surface area contributed by atoms with E-state index in [4.69, 9.17) is 0 Å². The van der Waals surface area contributed by atoms with Crippen molar-refractivity contribution in [1.29, 1.82) is 0 Å². The van der Waals surface area contributed by atoms with Crippen molar-refractivity contribution in [2.45, 2.75) is 13.3 Å². The van der Waals surface area contributed by atoms with Crippen LogP contribution in [-0.2, 0) is 0 Å². The van der Waals surface area contributed by atoms with E-state index in [2.05, 4.69) is 27.8 Å². The maximum absolute atomic E-state index is 12.6. The molecule has 1 saturated heterocycles. The van der Waals surface area contributed by atoms with Crippen LogP contribution in [0.5, 0.6) is 0 Å². The topological polar surface area (TPSA) is 52.7 Å². The predicted octanol–water partition coefficient (Wildman–Crippen LogP) is 2.76. The summed E-state index contributed by atoms with van der Waals surface area (Å²) in [7, 11) is 0. The molecule has 0 atom stereocenters. The quantitative estimate of drug-likeness (QED) is 0.877. The van der Waals surface area contributed by atoms with Gasteiger partial charge in [0.1, 0.15) is 0 Å². The number of carbonyl (C=O) groups is 2. The van der Waals surface area contributed by atoms with Crippen molar-refractivity contribution < 1.29 is 9.59 Å². The fraction of sp³-hybridized carbons (Fsp3) is 0.412. The zero-order valence-corrected chi connectivity index (χ0v) is 14.9. The van der Waals surface area contributed by atoms with Crippen molar-refractivity contribution in [2.24, 2.45) is 0 Å². The fourth-order valence-corrected chi connectivity index (χ4v) is 2.71. The molecule has 1 aromatic carbocycles. The summed E-state index contributed by atoms with van der Waals surface area (Å²) in [4.78, 5) is 28.3. The smallest absolute Gasteiger partial charge is 0.317 e. The molecular formula is C17H22BrN3O2. The van der Waals surface area contributed by atoms with Crippen molar-refractivity contribution in [2.75, 3.05) is 32.7 Å². The van der Waals surface area contributed by atoms with Crippen LogP contribution >= 0.6 is 15.9 Å². The lowest BCUT2D eigenvalue weighted by Crippen LogP contribution is -2.42. The number of urea groups is 1. The molecular weight excluding hydrogens is 358 g/mol. The Hall–Kier alpha value is -1.82. The SMILES string of the molecule is C=C(Br)CNC(=O)N1CCCN(C(=O)c2cccc(C)c2)CC1. The van der Waals surface area contributed by atoms with Gasteiger partial charge >= 0.3 is 6.03 Å². The van der Waals surface area contributed by atoms with Gasteiger partial charge in [-0.25, -0.2) is 4.79 Å². The summed E-state index contributed by atoms with van der Waals surface area (Å²) in [5.74, 6) is 0.0322. The average Bonchev–Trinajstić information content (AvgIpc) is 2.78. The van der Waals surface area contributed by atoms with Crippen LogP contribution in [0.2, 0.25) is 0 Å². The van der Waals surface area contributed by atoms with E-state index in [1.807, 2.05) is 36.1 Å². The van der Waals surface area contributed by atoms with Gasteiger partial charge in [0.25, 0.3) is 5.91 Å². The summed E-state index contributed by atoms with van der Waals surface area (Å²) in [6.07, 6.45) is 0.778. The Balaban J connectivity index is 1.94. The number of amides is 3. The number of nitrogens with one attached hydrogen (secondary N) is 1. The summed E-state index contributed by atoms with van der Waals surface area (Å²) in [5, 5.41) is 2.80. The van der Waals surface area contributed by atoms with Gasteiger partial charge < -0.3 is 15.1 Å². The highest BCUT2D eigenvalue weighted by molar-refractivity contribution is 9.11. The second-order valence-electron chi connectivity index (χ2n) is 5.68. The van der Waals surface area contributed by atoms with Gasteiger partial charge in [0.15, 0.2) is 0 Å². The number of halogens is 1. The van der Waals surface area contributed by atoms with E-state index in [-0.39, 0.29) is 11.9 Å². The molecule has 0 unspecified atom stereocenters. The molecule has 0 spiro atoms. The third-order valence-electron chi connectivity index (χ3n) is 3.77. The lowest BCUT2D eigenvalue weighted by atomic mass is 10.1. The zero-order valence-electron chi connectivity index (χ0n) is 13.3. The maximum Gasteiger partial charge on any atom is 0.317 e. The van der Waals surface area contributed by atoms with E-state index >= 15 is 0 Å². The summed E-state index contributed by atoms with van der Waals surface area (Å²) in [6.45, 7) is 8.49. The van der Waals surface area contributed by atoms with Gasteiger partial charge in [0.2, 0.25) is 0 Å². The van der Waals surface area contributed by atoms with E-state index in [9.17, 15) is 9.59 Å². The van der Waals surface area contributed by atoms with Gasteiger partial charge in [-0.1, -0.05) is 40.2 Å². The van der Waals surface area contributed by atoms with E-state index in [1.165, 1.54) is 0 Å². The first-order valence-electron chi connectivity index (χ1n) is 7.69. The molecule has 5 nitrogen and oxygen atoms in total. The number of rotatable bonds is 3. The molecule has 1 aliphatic heterocycles. The molecule has 1 heterocycles. The van der Waals surface area contributed by atoms with E-state index in [0.29, 0.717) is 38.3 Å².